The van der Waals surface area contributed by atoms with Gasteiger partial charge in [0.2, 0.25) is 0 Å². The maximum Gasteiger partial charge on any atom is 0.407 e. The molecule has 232 valence electrons. The number of carbonyl (C=O) groups excluding carboxylic acids is 3. The van der Waals surface area contributed by atoms with Gasteiger partial charge in [-0.2, -0.15) is 0 Å². The van der Waals surface area contributed by atoms with Crippen LogP contribution in [0.25, 0.3) is 0 Å². The average molecular weight is 607 g/mol. The number of esters is 1. The number of ether oxygens (including phenoxy) is 3. The molecule has 0 fully saturated rings. The number of hydrogen-bond acceptors (Lipinski definition) is 7. The fourth-order valence-corrected chi connectivity index (χ4v) is 3.60. The number of carbonyl (C=O) groups is 4. The SMILES string of the molecule is CC(C)(C)OC(=O)NCC(Cc1ccccc1)C(=O)O.CC(C)(C)OC(=O)NCC(Cc1ccccc1)C(=O)OCCl. The molecular formula is C31H43ClN2O8. The smallest absolute Gasteiger partial charge is 0.407 e. The molecule has 10 nitrogen and oxygen atoms in total. The summed E-state index contributed by atoms with van der Waals surface area (Å²) in [5.41, 5.74) is 0.716. The molecule has 0 radical (unpaired) electrons. The summed E-state index contributed by atoms with van der Waals surface area (Å²) in [6, 6.07) is 18.6. The van der Waals surface area contributed by atoms with Gasteiger partial charge < -0.3 is 30.0 Å². The van der Waals surface area contributed by atoms with Crippen LogP contribution < -0.4 is 10.6 Å². The van der Waals surface area contributed by atoms with Crippen LogP contribution in [-0.4, -0.2) is 59.6 Å². The van der Waals surface area contributed by atoms with E-state index in [0.717, 1.165) is 11.1 Å². The maximum absolute atomic E-state index is 11.9. The number of aliphatic carboxylic acids is 1. The minimum Gasteiger partial charge on any atom is -0.481 e. The summed E-state index contributed by atoms with van der Waals surface area (Å²) in [5, 5.41) is 14.3. The quantitative estimate of drug-likeness (QED) is 0.171. The molecular weight excluding hydrogens is 564 g/mol. The molecule has 0 spiro atoms. The van der Waals surface area contributed by atoms with Gasteiger partial charge in [-0.25, -0.2) is 9.59 Å². The Morgan fingerprint density at radius 3 is 1.45 bits per heavy atom. The first kappa shape index (κ1) is 36.2. The summed E-state index contributed by atoms with van der Waals surface area (Å²) < 4.78 is 15.1. The number of halogens is 1. The van der Waals surface area contributed by atoms with Crippen LogP contribution >= 0.6 is 11.6 Å². The molecule has 2 rings (SSSR count). The Hall–Kier alpha value is -3.79. The normalized spacial score (nSPS) is 12.5. The van der Waals surface area contributed by atoms with Gasteiger partial charge in [-0.05, 0) is 65.5 Å². The highest BCUT2D eigenvalue weighted by atomic mass is 35.5. The molecule has 0 saturated carbocycles. The molecule has 42 heavy (non-hydrogen) atoms. The highest BCUT2D eigenvalue weighted by Crippen LogP contribution is 2.12. The van der Waals surface area contributed by atoms with Gasteiger partial charge in [-0.1, -0.05) is 72.3 Å². The third-order valence-electron chi connectivity index (χ3n) is 5.31. The first-order valence-corrected chi connectivity index (χ1v) is 14.1. The fourth-order valence-electron chi connectivity index (χ4n) is 3.50. The van der Waals surface area contributed by atoms with E-state index in [1.807, 2.05) is 60.7 Å². The number of hydrogen-bond donors (Lipinski definition) is 3. The van der Waals surface area contributed by atoms with Crippen molar-refractivity contribution in [3.05, 3.63) is 71.8 Å². The van der Waals surface area contributed by atoms with Gasteiger partial charge in [0.05, 0.1) is 11.8 Å². The Labute approximate surface area is 253 Å². The zero-order valence-electron chi connectivity index (χ0n) is 25.1. The van der Waals surface area contributed by atoms with Crippen molar-refractivity contribution < 1.29 is 38.5 Å². The van der Waals surface area contributed by atoms with Gasteiger partial charge in [-0.15, -0.1) is 0 Å². The van der Waals surface area contributed by atoms with Gasteiger partial charge in [0.1, 0.15) is 11.2 Å². The molecule has 0 aliphatic carbocycles. The van der Waals surface area contributed by atoms with Crippen molar-refractivity contribution in [3.63, 3.8) is 0 Å². The summed E-state index contributed by atoms with van der Waals surface area (Å²) in [7, 11) is 0. The number of rotatable bonds is 11. The second-order valence-electron chi connectivity index (χ2n) is 11.4. The molecule has 2 aromatic rings. The van der Waals surface area contributed by atoms with Crippen molar-refractivity contribution in [1.82, 2.24) is 10.6 Å². The van der Waals surface area contributed by atoms with Gasteiger partial charge in [0, 0.05) is 13.1 Å². The third kappa shape index (κ3) is 17.1. The average Bonchev–Trinajstić information content (AvgIpc) is 2.88. The zero-order chi connectivity index (χ0) is 31.8. The number of alkyl carbamates (subject to hydrolysis) is 2. The van der Waals surface area contributed by atoms with E-state index in [1.54, 1.807) is 41.5 Å². The van der Waals surface area contributed by atoms with E-state index in [4.69, 9.17) is 25.8 Å². The Morgan fingerprint density at radius 1 is 0.714 bits per heavy atom. The Balaban J connectivity index is 0.000000422. The monoisotopic (exact) mass is 606 g/mol. The topological polar surface area (TPSA) is 140 Å². The van der Waals surface area contributed by atoms with Crippen LogP contribution in [-0.2, 0) is 36.6 Å². The molecule has 0 bridgehead atoms. The summed E-state index contributed by atoms with van der Waals surface area (Å²) in [5.74, 6) is -2.58. The predicted molar refractivity (Wildman–Crippen MR) is 160 cm³/mol. The minimum atomic E-state index is -0.940. The van der Waals surface area contributed by atoms with Crippen LogP contribution in [0.2, 0.25) is 0 Å². The second kappa shape index (κ2) is 17.9. The van der Waals surface area contributed by atoms with Crippen LogP contribution in [0.1, 0.15) is 52.7 Å². The van der Waals surface area contributed by atoms with Crippen molar-refractivity contribution in [3.8, 4) is 0 Å². The van der Waals surface area contributed by atoms with E-state index < -0.39 is 47.2 Å². The molecule has 0 saturated heterocycles. The number of carboxylic acids is 1. The number of alkyl halides is 1. The minimum absolute atomic E-state index is 0.0408. The first-order chi connectivity index (χ1) is 19.6. The Morgan fingerprint density at radius 2 is 1.10 bits per heavy atom. The highest BCUT2D eigenvalue weighted by Gasteiger charge is 2.24. The van der Waals surface area contributed by atoms with E-state index in [-0.39, 0.29) is 19.2 Å². The zero-order valence-corrected chi connectivity index (χ0v) is 25.9. The van der Waals surface area contributed by atoms with Crippen molar-refractivity contribution in [2.45, 2.75) is 65.6 Å². The first-order valence-electron chi connectivity index (χ1n) is 13.6. The molecule has 0 heterocycles. The van der Waals surface area contributed by atoms with E-state index in [9.17, 15) is 24.3 Å². The van der Waals surface area contributed by atoms with Crippen molar-refractivity contribution in [1.29, 1.82) is 0 Å². The van der Waals surface area contributed by atoms with Crippen molar-refractivity contribution in [2.24, 2.45) is 11.8 Å². The van der Waals surface area contributed by atoms with Crippen LogP contribution in [0.3, 0.4) is 0 Å². The summed E-state index contributed by atoms with van der Waals surface area (Å²) in [4.78, 5) is 46.4. The van der Waals surface area contributed by atoms with Crippen LogP contribution in [0, 0.1) is 11.8 Å². The molecule has 0 aromatic heterocycles. The fraction of sp³-hybridized carbons (Fsp3) is 0.484. The van der Waals surface area contributed by atoms with Gasteiger partial charge in [-0.3, -0.25) is 9.59 Å². The van der Waals surface area contributed by atoms with Crippen LogP contribution in [0.15, 0.2) is 60.7 Å². The summed E-state index contributed by atoms with van der Waals surface area (Å²) >= 11 is 5.44. The van der Waals surface area contributed by atoms with Crippen molar-refractivity contribution in [2.75, 3.05) is 19.2 Å². The Bertz CT molecular complexity index is 1120. The standard InChI is InChI=1S/C16H22ClNO4.C15H21NO4/c1-16(2,3)22-15(20)18-10-13(14(19)21-11-17)9-12-7-5-4-6-8-12;1-15(2,3)20-14(19)16-10-12(13(17)18)9-11-7-5-4-6-8-11/h4-8,13H,9-11H2,1-3H3,(H,18,20);4-8,12H,9-10H2,1-3H3,(H,16,19)(H,17,18). The summed E-state index contributed by atoms with van der Waals surface area (Å²) in [6.45, 7) is 10.8. The highest BCUT2D eigenvalue weighted by molar-refractivity contribution is 6.17. The number of amides is 2. The molecule has 2 amide bonds. The van der Waals surface area contributed by atoms with Crippen molar-refractivity contribution >= 4 is 35.7 Å². The molecule has 0 aliphatic rings. The molecule has 2 unspecified atom stereocenters. The third-order valence-corrected chi connectivity index (χ3v) is 5.42. The molecule has 11 heteroatoms. The van der Waals surface area contributed by atoms with Crippen LogP contribution in [0.4, 0.5) is 9.59 Å². The van der Waals surface area contributed by atoms with Crippen LogP contribution in [0.5, 0.6) is 0 Å². The van der Waals surface area contributed by atoms with Gasteiger partial charge >= 0.3 is 24.1 Å². The van der Waals surface area contributed by atoms with E-state index in [1.165, 1.54) is 0 Å². The number of nitrogens with one attached hydrogen (secondary N) is 2. The molecule has 2 atom stereocenters. The van der Waals surface area contributed by atoms with E-state index in [0.29, 0.717) is 12.8 Å². The number of benzene rings is 2. The molecule has 0 aliphatic heterocycles. The lowest BCUT2D eigenvalue weighted by Gasteiger charge is -2.21. The maximum atomic E-state index is 11.9. The lowest BCUT2D eigenvalue weighted by molar-refractivity contribution is -0.146. The van der Waals surface area contributed by atoms with E-state index in [2.05, 4.69) is 10.6 Å². The number of carboxylic acid groups (broad SMARTS) is 1. The van der Waals surface area contributed by atoms with E-state index >= 15 is 0 Å². The van der Waals surface area contributed by atoms with Gasteiger partial charge in [0.25, 0.3) is 0 Å². The molecule has 3 N–H and O–H groups in total. The largest absolute Gasteiger partial charge is 0.481 e. The predicted octanol–water partition coefficient (Wildman–Crippen LogP) is 5.56. The molecule has 2 aromatic carbocycles. The second-order valence-corrected chi connectivity index (χ2v) is 11.7. The lowest BCUT2D eigenvalue weighted by atomic mass is 9.99. The summed E-state index contributed by atoms with van der Waals surface area (Å²) in [6.07, 6.45) is -0.348. The lowest BCUT2D eigenvalue weighted by Crippen LogP contribution is -2.38. The van der Waals surface area contributed by atoms with Gasteiger partial charge in [0.15, 0.2) is 6.07 Å². The Kier molecular flexibility index (Phi) is 15.4.